The van der Waals surface area contributed by atoms with E-state index in [4.69, 9.17) is 4.52 Å². The minimum absolute atomic E-state index is 0.317. The highest BCUT2D eigenvalue weighted by molar-refractivity contribution is 5.76. The van der Waals surface area contributed by atoms with Crippen molar-refractivity contribution in [2.24, 2.45) is 0 Å². The Hall–Kier alpha value is -3.94. The smallest absolute Gasteiger partial charge is 0.278 e. The summed E-state index contributed by atoms with van der Waals surface area (Å²) in [5.74, 6) is 1.53. The van der Waals surface area contributed by atoms with E-state index >= 15 is 0 Å². The summed E-state index contributed by atoms with van der Waals surface area (Å²) in [4.78, 5) is 21.4. The maximum absolute atomic E-state index is 5.26. The summed E-state index contributed by atoms with van der Waals surface area (Å²) in [6, 6.07) is 11.7. The van der Waals surface area contributed by atoms with Crippen molar-refractivity contribution in [1.29, 1.82) is 0 Å². The summed E-state index contributed by atoms with van der Waals surface area (Å²) >= 11 is 0. The molecule has 0 unspecified atom stereocenters. The zero-order valence-corrected chi connectivity index (χ0v) is 13.4. The second-order valence-corrected chi connectivity index (χ2v) is 5.52. The van der Waals surface area contributed by atoms with Crippen LogP contribution in [0.1, 0.15) is 0 Å². The van der Waals surface area contributed by atoms with Crippen molar-refractivity contribution in [3.8, 4) is 28.8 Å². The van der Waals surface area contributed by atoms with Gasteiger partial charge in [0.05, 0.1) is 17.2 Å². The van der Waals surface area contributed by atoms with Crippen molar-refractivity contribution in [3.63, 3.8) is 0 Å². The predicted molar refractivity (Wildman–Crippen MR) is 93.2 cm³/mol. The molecule has 124 valence electrons. The molecule has 0 aliphatic heterocycles. The standard InChI is InChI=1S/C18H11N7O/c1-2-4-15-13(3-1)22-11-25(15)16-6-5-12(9-21-16)17-23-18(26-24-17)14-10-19-7-8-20-14/h1-11H. The summed E-state index contributed by atoms with van der Waals surface area (Å²) in [5.41, 5.74) is 3.19. The van der Waals surface area contributed by atoms with Gasteiger partial charge in [-0.05, 0) is 24.3 Å². The number of benzene rings is 1. The van der Waals surface area contributed by atoms with E-state index in [1.54, 1.807) is 31.1 Å². The Morgan fingerprint density at radius 3 is 2.69 bits per heavy atom. The first kappa shape index (κ1) is 14.4. The second-order valence-electron chi connectivity index (χ2n) is 5.52. The highest BCUT2D eigenvalue weighted by atomic mass is 16.5. The van der Waals surface area contributed by atoms with E-state index in [0.29, 0.717) is 17.4 Å². The van der Waals surface area contributed by atoms with E-state index in [1.165, 1.54) is 0 Å². The van der Waals surface area contributed by atoms with Gasteiger partial charge in [-0.15, -0.1) is 0 Å². The second kappa shape index (κ2) is 5.85. The molecule has 5 aromatic rings. The maximum Gasteiger partial charge on any atom is 0.278 e. The number of nitrogens with zero attached hydrogens (tertiary/aromatic N) is 7. The van der Waals surface area contributed by atoms with E-state index in [1.807, 2.05) is 41.0 Å². The van der Waals surface area contributed by atoms with Crippen molar-refractivity contribution in [1.82, 2.24) is 34.6 Å². The van der Waals surface area contributed by atoms with Gasteiger partial charge in [0.1, 0.15) is 17.8 Å². The van der Waals surface area contributed by atoms with Gasteiger partial charge in [-0.3, -0.25) is 9.55 Å². The quantitative estimate of drug-likeness (QED) is 0.498. The van der Waals surface area contributed by atoms with E-state index in [2.05, 4.69) is 30.1 Å². The van der Waals surface area contributed by atoms with Crippen molar-refractivity contribution in [2.75, 3.05) is 0 Å². The lowest BCUT2D eigenvalue weighted by atomic mass is 10.2. The molecule has 8 heteroatoms. The molecule has 0 saturated carbocycles. The van der Waals surface area contributed by atoms with E-state index in [9.17, 15) is 0 Å². The van der Waals surface area contributed by atoms with Crippen LogP contribution in [0.15, 0.2) is 72.0 Å². The molecule has 4 heterocycles. The zero-order chi connectivity index (χ0) is 17.3. The van der Waals surface area contributed by atoms with Gasteiger partial charge in [-0.2, -0.15) is 4.98 Å². The number of hydrogen-bond donors (Lipinski definition) is 0. The van der Waals surface area contributed by atoms with Gasteiger partial charge in [-0.25, -0.2) is 15.0 Å². The third-order valence-electron chi connectivity index (χ3n) is 3.91. The number of hydrogen-bond acceptors (Lipinski definition) is 7. The first-order valence-electron chi connectivity index (χ1n) is 7.87. The van der Waals surface area contributed by atoms with Crippen LogP contribution in [0.4, 0.5) is 0 Å². The van der Waals surface area contributed by atoms with Crippen LogP contribution in [0.3, 0.4) is 0 Å². The third kappa shape index (κ3) is 2.40. The van der Waals surface area contributed by atoms with E-state index < -0.39 is 0 Å². The molecule has 0 N–H and O–H groups in total. The summed E-state index contributed by atoms with van der Waals surface area (Å²) in [6.45, 7) is 0. The molecule has 4 aromatic heterocycles. The minimum Gasteiger partial charge on any atom is -0.332 e. The molecule has 0 spiro atoms. The van der Waals surface area contributed by atoms with E-state index in [-0.39, 0.29) is 0 Å². The number of rotatable bonds is 3. The molecule has 0 saturated heterocycles. The molecule has 8 nitrogen and oxygen atoms in total. The van der Waals surface area contributed by atoms with Crippen molar-refractivity contribution in [3.05, 3.63) is 67.5 Å². The Labute approximate surface area is 147 Å². The van der Waals surface area contributed by atoms with Gasteiger partial charge in [0.25, 0.3) is 5.89 Å². The number of imidazole rings is 1. The molecule has 0 amide bonds. The maximum atomic E-state index is 5.26. The van der Waals surface area contributed by atoms with Gasteiger partial charge in [0.2, 0.25) is 5.82 Å². The normalized spacial score (nSPS) is 11.1. The molecule has 0 bridgehead atoms. The van der Waals surface area contributed by atoms with Crippen LogP contribution in [0.2, 0.25) is 0 Å². The van der Waals surface area contributed by atoms with Crippen molar-refractivity contribution < 1.29 is 4.52 Å². The molecule has 0 aliphatic rings. The third-order valence-corrected chi connectivity index (χ3v) is 3.91. The Balaban J connectivity index is 1.48. The Morgan fingerprint density at radius 1 is 0.885 bits per heavy atom. The average Bonchev–Trinajstić information content (AvgIpc) is 3.36. The number of fused-ring (bicyclic) bond motifs is 1. The SMILES string of the molecule is c1ccc2c(c1)ncn2-c1ccc(-c2noc(-c3cnccn3)n2)cn1. The lowest BCUT2D eigenvalue weighted by Crippen LogP contribution is -1.95. The van der Waals surface area contributed by atoms with Crippen LogP contribution in [0, 0.1) is 0 Å². The molecule has 0 aliphatic carbocycles. The largest absolute Gasteiger partial charge is 0.332 e. The molecule has 0 radical (unpaired) electrons. The Bertz CT molecular complexity index is 1180. The summed E-state index contributed by atoms with van der Waals surface area (Å²) in [5, 5.41) is 3.99. The van der Waals surface area contributed by atoms with Crippen LogP contribution < -0.4 is 0 Å². The topological polar surface area (TPSA) is 95.4 Å². The lowest BCUT2D eigenvalue weighted by Gasteiger charge is -2.03. The molecule has 0 fully saturated rings. The summed E-state index contributed by atoms with van der Waals surface area (Å²) < 4.78 is 7.19. The molecule has 5 rings (SSSR count). The summed E-state index contributed by atoms with van der Waals surface area (Å²) in [7, 11) is 0. The fraction of sp³-hybridized carbons (Fsp3) is 0. The van der Waals surface area contributed by atoms with Crippen LogP contribution >= 0.6 is 0 Å². The fourth-order valence-corrected chi connectivity index (χ4v) is 2.66. The van der Waals surface area contributed by atoms with Crippen LogP contribution in [-0.2, 0) is 0 Å². The number of aromatic nitrogens is 7. The van der Waals surface area contributed by atoms with Crippen LogP contribution in [0.5, 0.6) is 0 Å². The van der Waals surface area contributed by atoms with Crippen molar-refractivity contribution in [2.45, 2.75) is 0 Å². The van der Waals surface area contributed by atoms with Gasteiger partial charge >= 0.3 is 0 Å². The minimum atomic E-state index is 0.317. The Morgan fingerprint density at radius 2 is 1.85 bits per heavy atom. The average molecular weight is 341 g/mol. The molecule has 1 aromatic carbocycles. The van der Waals surface area contributed by atoms with Crippen molar-refractivity contribution >= 4 is 11.0 Å². The van der Waals surface area contributed by atoms with Gasteiger partial charge < -0.3 is 4.52 Å². The Kier molecular flexibility index (Phi) is 3.24. The first-order valence-corrected chi connectivity index (χ1v) is 7.87. The predicted octanol–water partition coefficient (Wildman–Crippen LogP) is 2.93. The zero-order valence-electron chi connectivity index (χ0n) is 13.4. The molecule has 0 atom stereocenters. The molecule has 26 heavy (non-hydrogen) atoms. The lowest BCUT2D eigenvalue weighted by molar-refractivity contribution is 0.431. The fourth-order valence-electron chi connectivity index (χ4n) is 2.66. The van der Waals surface area contributed by atoms with Gasteiger partial charge in [0, 0.05) is 24.2 Å². The van der Waals surface area contributed by atoms with Crippen LogP contribution in [-0.4, -0.2) is 34.6 Å². The number of para-hydroxylation sites is 2. The molecular weight excluding hydrogens is 330 g/mol. The highest BCUT2D eigenvalue weighted by Gasteiger charge is 2.12. The highest BCUT2D eigenvalue weighted by Crippen LogP contribution is 2.21. The van der Waals surface area contributed by atoms with E-state index in [0.717, 1.165) is 22.4 Å². The monoisotopic (exact) mass is 341 g/mol. The van der Waals surface area contributed by atoms with Crippen LogP contribution in [0.25, 0.3) is 39.8 Å². The first-order chi connectivity index (χ1) is 12.9. The molecular formula is C18H11N7O. The number of pyridine rings is 1. The summed E-state index contributed by atoms with van der Waals surface area (Å²) in [6.07, 6.45) is 8.19. The van der Waals surface area contributed by atoms with Gasteiger partial charge in [-0.1, -0.05) is 17.3 Å². The van der Waals surface area contributed by atoms with Gasteiger partial charge in [0.15, 0.2) is 0 Å².